The van der Waals surface area contributed by atoms with Gasteiger partial charge in [0.1, 0.15) is 6.61 Å². The van der Waals surface area contributed by atoms with Crippen molar-refractivity contribution in [3.63, 3.8) is 0 Å². The van der Waals surface area contributed by atoms with Gasteiger partial charge in [0.25, 0.3) is 0 Å². The summed E-state index contributed by atoms with van der Waals surface area (Å²) >= 11 is 0. The lowest BCUT2D eigenvalue weighted by atomic mass is 9.96. The average Bonchev–Trinajstić information content (AvgIpc) is 3.04. The van der Waals surface area contributed by atoms with E-state index in [1.54, 1.807) is 6.08 Å². The first-order valence-corrected chi connectivity index (χ1v) is 9.97. The summed E-state index contributed by atoms with van der Waals surface area (Å²) < 4.78 is 5.21. The molecule has 1 aromatic carbocycles. The lowest BCUT2D eigenvalue weighted by molar-refractivity contribution is -0.133. The van der Waals surface area contributed by atoms with Crippen LogP contribution in [0.1, 0.15) is 38.7 Å². The molecule has 0 radical (unpaired) electrons. The van der Waals surface area contributed by atoms with E-state index in [-0.39, 0.29) is 24.5 Å². The highest BCUT2D eigenvalue weighted by atomic mass is 16.6. The fraction of sp³-hybridized carbons (Fsp3) is 0.545. The zero-order chi connectivity index (χ0) is 19.6. The number of cyclic esters (lactones) is 1. The second-order valence-corrected chi connectivity index (χ2v) is 7.02. The largest absolute Gasteiger partial charge is 0.447 e. The molecule has 0 bridgehead atoms. The summed E-state index contributed by atoms with van der Waals surface area (Å²) in [4.78, 5) is 29.1. The van der Waals surface area contributed by atoms with E-state index in [0.717, 1.165) is 38.0 Å². The number of rotatable bonds is 11. The van der Waals surface area contributed by atoms with Gasteiger partial charge < -0.3 is 9.64 Å². The van der Waals surface area contributed by atoms with Crippen molar-refractivity contribution in [2.24, 2.45) is 5.92 Å². The summed E-state index contributed by atoms with van der Waals surface area (Å²) in [6.45, 7) is 11.3. The van der Waals surface area contributed by atoms with Gasteiger partial charge in [-0.3, -0.25) is 4.79 Å². The van der Waals surface area contributed by atoms with Gasteiger partial charge >= 0.3 is 6.09 Å². The smallest absolute Gasteiger partial charge is 0.416 e. The van der Waals surface area contributed by atoms with Gasteiger partial charge in [0.15, 0.2) is 0 Å². The van der Waals surface area contributed by atoms with Gasteiger partial charge in [0.2, 0.25) is 5.91 Å². The number of carbonyl (C=O) groups is 2. The second-order valence-electron chi connectivity index (χ2n) is 7.02. The lowest BCUT2D eigenvalue weighted by Crippen LogP contribution is -2.43. The number of nitrogens with zero attached hydrogens (tertiary/aromatic N) is 2. The van der Waals surface area contributed by atoms with Crippen LogP contribution < -0.4 is 0 Å². The Hall–Kier alpha value is -2.14. The molecular formula is C22H32N2O3. The first-order chi connectivity index (χ1) is 13.1. The van der Waals surface area contributed by atoms with Crippen molar-refractivity contribution in [2.75, 3.05) is 26.2 Å². The van der Waals surface area contributed by atoms with Gasteiger partial charge in [-0.1, -0.05) is 50.3 Å². The molecule has 27 heavy (non-hydrogen) atoms. The number of imide groups is 1. The molecule has 1 aromatic rings. The number of allylic oxidation sites excluding steroid dienone is 1. The molecule has 1 heterocycles. The molecule has 2 amide bonds. The normalized spacial score (nSPS) is 17.8. The summed E-state index contributed by atoms with van der Waals surface area (Å²) in [5.74, 6) is -0.347. The molecule has 2 rings (SSSR count). The minimum Gasteiger partial charge on any atom is -0.447 e. The highest BCUT2D eigenvalue weighted by molar-refractivity contribution is 5.94. The average molecular weight is 373 g/mol. The van der Waals surface area contributed by atoms with Crippen molar-refractivity contribution < 1.29 is 14.3 Å². The van der Waals surface area contributed by atoms with Gasteiger partial charge in [-0.15, -0.1) is 6.58 Å². The standard InChI is InChI=1S/C22H32N2O3/c1-4-11-19(14-10-15-23(5-2)6-3)21(25)24-20(17-27-22(24)26)16-18-12-8-7-9-13-18/h4,7-9,12-13,19-20H,1,5-6,10-11,14-17H2,2-3H3/t19-,20-/m0/s1. The van der Waals surface area contributed by atoms with E-state index in [4.69, 9.17) is 4.74 Å². The van der Waals surface area contributed by atoms with Crippen molar-refractivity contribution in [1.82, 2.24) is 9.80 Å². The second kappa shape index (κ2) is 10.9. The Morgan fingerprint density at radius 3 is 2.67 bits per heavy atom. The van der Waals surface area contributed by atoms with Crippen LogP contribution in [0.15, 0.2) is 43.0 Å². The SMILES string of the molecule is C=CC[C@@H](CCCN(CC)CC)C(=O)N1C(=O)OC[C@@H]1Cc1ccccc1. The Morgan fingerprint density at radius 1 is 1.33 bits per heavy atom. The summed E-state index contributed by atoms with van der Waals surface area (Å²) in [6, 6.07) is 9.67. The van der Waals surface area contributed by atoms with E-state index in [2.05, 4.69) is 25.3 Å². The maximum absolute atomic E-state index is 13.1. The maximum atomic E-state index is 13.1. The molecule has 1 fully saturated rings. The molecule has 1 saturated heterocycles. The number of carbonyl (C=O) groups excluding carboxylic acids is 2. The highest BCUT2D eigenvalue weighted by Gasteiger charge is 2.40. The molecule has 1 aliphatic heterocycles. The summed E-state index contributed by atoms with van der Waals surface area (Å²) in [5.41, 5.74) is 1.10. The minimum absolute atomic E-state index is 0.127. The molecule has 0 spiro atoms. The predicted molar refractivity (Wildman–Crippen MR) is 107 cm³/mol. The van der Waals surface area contributed by atoms with E-state index in [0.29, 0.717) is 12.8 Å². The van der Waals surface area contributed by atoms with Crippen LogP contribution in [0.3, 0.4) is 0 Å². The highest BCUT2D eigenvalue weighted by Crippen LogP contribution is 2.24. The topological polar surface area (TPSA) is 49.9 Å². The molecule has 148 valence electrons. The Labute approximate surface area is 163 Å². The van der Waals surface area contributed by atoms with Crippen LogP contribution in [0.4, 0.5) is 4.79 Å². The van der Waals surface area contributed by atoms with E-state index < -0.39 is 6.09 Å². The van der Waals surface area contributed by atoms with Crippen molar-refractivity contribution >= 4 is 12.0 Å². The van der Waals surface area contributed by atoms with Crippen molar-refractivity contribution in [1.29, 1.82) is 0 Å². The van der Waals surface area contributed by atoms with Gasteiger partial charge in [0, 0.05) is 5.92 Å². The van der Waals surface area contributed by atoms with Crippen LogP contribution in [0.25, 0.3) is 0 Å². The number of benzene rings is 1. The van der Waals surface area contributed by atoms with Crippen LogP contribution >= 0.6 is 0 Å². The van der Waals surface area contributed by atoms with Crippen molar-refractivity contribution in [3.05, 3.63) is 48.6 Å². The minimum atomic E-state index is -0.515. The maximum Gasteiger partial charge on any atom is 0.416 e. The van der Waals surface area contributed by atoms with E-state index in [9.17, 15) is 9.59 Å². The first-order valence-electron chi connectivity index (χ1n) is 9.97. The zero-order valence-corrected chi connectivity index (χ0v) is 16.6. The Kier molecular flexibility index (Phi) is 8.52. The molecule has 0 aliphatic carbocycles. The molecule has 2 atom stereocenters. The zero-order valence-electron chi connectivity index (χ0n) is 16.6. The third kappa shape index (κ3) is 5.93. The van der Waals surface area contributed by atoms with E-state index in [1.165, 1.54) is 4.90 Å². The quantitative estimate of drug-likeness (QED) is 0.553. The molecule has 0 N–H and O–H groups in total. The number of hydrogen-bond donors (Lipinski definition) is 0. The van der Waals surface area contributed by atoms with Crippen LogP contribution in [0.2, 0.25) is 0 Å². The molecule has 0 aromatic heterocycles. The molecule has 5 nitrogen and oxygen atoms in total. The molecule has 5 heteroatoms. The van der Waals surface area contributed by atoms with Crippen LogP contribution in [0, 0.1) is 5.92 Å². The van der Waals surface area contributed by atoms with Crippen LogP contribution in [-0.4, -0.2) is 54.1 Å². The van der Waals surface area contributed by atoms with Gasteiger partial charge in [-0.05, 0) is 50.9 Å². The monoisotopic (exact) mass is 372 g/mol. The number of ether oxygens (including phenoxy) is 1. The Balaban J connectivity index is 2.02. The molecular weight excluding hydrogens is 340 g/mol. The fourth-order valence-corrected chi connectivity index (χ4v) is 3.61. The van der Waals surface area contributed by atoms with Gasteiger partial charge in [-0.25, -0.2) is 9.69 Å². The number of amides is 2. The van der Waals surface area contributed by atoms with Crippen molar-refractivity contribution in [3.8, 4) is 0 Å². The summed E-state index contributed by atoms with van der Waals surface area (Å²) in [7, 11) is 0. The van der Waals surface area contributed by atoms with Crippen LogP contribution in [0.5, 0.6) is 0 Å². The van der Waals surface area contributed by atoms with Crippen molar-refractivity contribution in [2.45, 2.75) is 45.6 Å². The molecule has 1 aliphatic rings. The Bertz CT molecular complexity index is 613. The summed E-state index contributed by atoms with van der Waals surface area (Å²) in [6.07, 6.45) is 4.14. The first kappa shape index (κ1) is 21.2. The van der Waals surface area contributed by atoms with Crippen LogP contribution in [-0.2, 0) is 16.0 Å². The van der Waals surface area contributed by atoms with E-state index in [1.807, 2.05) is 30.3 Å². The lowest BCUT2D eigenvalue weighted by Gasteiger charge is -2.25. The fourth-order valence-electron chi connectivity index (χ4n) is 3.61. The van der Waals surface area contributed by atoms with E-state index >= 15 is 0 Å². The van der Waals surface area contributed by atoms with Gasteiger partial charge in [-0.2, -0.15) is 0 Å². The Morgan fingerprint density at radius 2 is 2.04 bits per heavy atom. The molecule has 0 unspecified atom stereocenters. The van der Waals surface area contributed by atoms with Gasteiger partial charge in [0.05, 0.1) is 6.04 Å². The summed E-state index contributed by atoms with van der Waals surface area (Å²) in [5, 5.41) is 0. The third-order valence-electron chi connectivity index (χ3n) is 5.23. The third-order valence-corrected chi connectivity index (χ3v) is 5.23. The molecule has 0 saturated carbocycles. The predicted octanol–water partition coefficient (Wildman–Crippen LogP) is 3.89. The number of hydrogen-bond acceptors (Lipinski definition) is 4.